The van der Waals surface area contributed by atoms with Crippen molar-refractivity contribution < 1.29 is 14.3 Å². The quantitative estimate of drug-likeness (QED) is 0.773. The molecule has 1 aromatic carbocycles. The first kappa shape index (κ1) is 14.4. The molecule has 0 unspecified atom stereocenters. The summed E-state index contributed by atoms with van der Waals surface area (Å²) in [6, 6.07) is 7.65. The first-order valence-electron chi connectivity index (χ1n) is 6.82. The van der Waals surface area contributed by atoms with Gasteiger partial charge >= 0.3 is 0 Å². The van der Waals surface area contributed by atoms with E-state index in [-0.39, 0.29) is 5.91 Å². The van der Waals surface area contributed by atoms with Crippen molar-refractivity contribution in [2.45, 2.75) is 20.0 Å². The molecular formula is C15H20N2O3. The zero-order chi connectivity index (χ0) is 14.5. The number of aryl methyl sites for hydroxylation is 1. The molecule has 0 spiro atoms. The highest BCUT2D eigenvalue weighted by molar-refractivity contribution is 5.81. The van der Waals surface area contributed by atoms with Gasteiger partial charge in [0.1, 0.15) is 5.75 Å². The lowest BCUT2D eigenvalue weighted by atomic mass is 10.2. The summed E-state index contributed by atoms with van der Waals surface area (Å²) in [5, 5.41) is 0. The van der Waals surface area contributed by atoms with Crippen molar-refractivity contribution >= 4 is 12.3 Å². The summed E-state index contributed by atoms with van der Waals surface area (Å²) in [7, 11) is 0. The molecular weight excluding hydrogens is 256 g/mol. The number of nitrogens with zero attached hydrogens (tertiary/aromatic N) is 2. The summed E-state index contributed by atoms with van der Waals surface area (Å²) < 4.78 is 5.74. The van der Waals surface area contributed by atoms with Gasteiger partial charge in [0.2, 0.25) is 6.41 Å². The number of hydrogen-bond acceptors (Lipinski definition) is 3. The monoisotopic (exact) mass is 276 g/mol. The maximum atomic E-state index is 12.3. The number of para-hydroxylation sites is 1. The first-order chi connectivity index (χ1) is 9.61. The Kier molecular flexibility index (Phi) is 4.61. The van der Waals surface area contributed by atoms with Crippen LogP contribution in [0.1, 0.15) is 12.5 Å². The van der Waals surface area contributed by atoms with Crippen LogP contribution in [0.5, 0.6) is 5.75 Å². The molecule has 1 aromatic rings. The molecule has 2 rings (SSSR count). The Balaban J connectivity index is 1.93. The fraction of sp³-hybridized carbons (Fsp3) is 0.467. The molecule has 1 aliphatic heterocycles. The Hall–Kier alpha value is -2.04. The third-order valence-corrected chi connectivity index (χ3v) is 3.52. The molecule has 1 fully saturated rings. The van der Waals surface area contributed by atoms with Gasteiger partial charge in [-0.05, 0) is 25.5 Å². The van der Waals surface area contributed by atoms with Gasteiger partial charge in [-0.1, -0.05) is 18.2 Å². The second-order valence-electron chi connectivity index (χ2n) is 4.99. The lowest BCUT2D eigenvalue weighted by molar-refractivity contribution is -0.141. The molecule has 1 atom stereocenters. The number of rotatable bonds is 4. The molecule has 0 saturated carbocycles. The van der Waals surface area contributed by atoms with Crippen LogP contribution in [0.15, 0.2) is 24.3 Å². The van der Waals surface area contributed by atoms with Crippen molar-refractivity contribution in [3.8, 4) is 5.75 Å². The van der Waals surface area contributed by atoms with E-state index in [1.165, 1.54) is 0 Å². The lowest BCUT2D eigenvalue weighted by Crippen LogP contribution is -2.51. The predicted octanol–water partition coefficient (Wildman–Crippen LogP) is 1.06. The van der Waals surface area contributed by atoms with E-state index in [9.17, 15) is 9.59 Å². The summed E-state index contributed by atoms with van der Waals surface area (Å²) in [6.45, 7) is 6.03. The third kappa shape index (κ3) is 3.29. The van der Waals surface area contributed by atoms with E-state index < -0.39 is 6.10 Å². The van der Waals surface area contributed by atoms with E-state index >= 15 is 0 Å². The minimum Gasteiger partial charge on any atom is -0.481 e. The standard InChI is InChI=1S/C15H20N2O3/c1-12-5-3-4-6-14(12)20-13(2)15(19)17-9-7-16(11-18)8-10-17/h3-6,11,13H,7-10H2,1-2H3/t13-/m0/s1. The van der Waals surface area contributed by atoms with Crippen LogP contribution in [-0.4, -0.2) is 54.4 Å². The van der Waals surface area contributed by atoms with Crippen LogP contribution in [0.3, 0.4) is 0 Å². The van der Waals surface area contributed by atoms with Gasteiger partial charge in [0.25, 0.3) is 5.91 Å². The van der Waals surface area contributed by atoms with Gasteiger partial charge in [-0.25, -0.2) is 0 Å². The van der Waals surface area contributed by atoms with Gasteiger partial charge in [-0.3, -0.25) is 9.59 Å². The topological polar surface area (TPSA) is 49.9 Å². The van der Waals surface area contributed by atoms with Gasteiger partial charge in [-0.2, -0.15) is 0 Å². The van der Waals surface area contributed by atoms with Crippen molar-refractivity contribution in [1.82, 2.24) is 9.80 Å². The number of hydrogen-bond donors (Lipinski definition) is 0. The van der Waals surface area contributed by atoms with E-state index in [0.717, 1.165) is 17.7 Å². The van der Waals surface area contributed by atoms with Crippen molar-refractivity contribution in [3.63, 3.8) is 0 Å². The third-order valence-electron chi connectivity index (χ3n) is 3.52. The van der Waals surface area contributed by atoms with Crippen molar-refractivity contribution in [3.05, 3.63) is 29.8 Å². The number of piperazine rings is 1. The largest absolute Gasteiger partial charge is 0.481 e. The molecule has 0 radical (unpaired) electrons. The minimum atomic E-state index is -0.515. The molecule has 108 valence electrons. The van der Waals surface area contributed by atoms with Crippen LogP contribution in [0.4, 0.5) is 0 Å². The van der Waals surface area contributed by atoms with Crippen molar-refractivity contribution in [2.24, 2.45) is 0 Å². The van der Waals surface area contributed by atoms with E-state index in [1.807, 2.05) is 31.2 Å². The molecule has 5 nitrogen and oxygen atoms in total. The molecule has 0 aliphatic carbocycles. The van der Waals surface area contributed by atoms with Crippen LogP contribution < -0.4 is 4.74 Å². The zero-order valence-electron chi connectivity index (χ0n) is 11.9. The SMILES string of the molecule is Cc1ccccc1O[C@@H](C)C(=O)N1CCN(C=O)CC1. The van der Waals surface area contributed by atoms with Gasteiger partial charge in [-0.15, -0.1) is 0 Å². The first-order valence-corrected chi connectivity index (χ1v) is 6.82. The van der Waals surface area contributed by atoms with Crippen LogP contribution in [-0.2, 0) is 9.59 Å². The molecule has 1 heterocycles. The molecule has 2 amide bonds. The smallest absolute Gasteiger partial charge is 0.263 e. The second kappa shape index (κ2) is 6.41. The summed E-state index contributed by atoms with van der Waals surface area (Å²) >= 11 is 0. The average molecular weight is 276 g/mol. The van der Waals surface area contributed by atoms with Crippen LogP contribution in [0, 0.1) is 6.92 Å². The fourth-order valence-electron chi connectivity index (χ4n) is 2.23. The highest BCUT2D eigenvalue weighted by Gasteiger charge is 2.25. The van der Waals surface area contributed by atoms with E-state index in [0.29, 0.717) is 26.2 Å². The maximum absolute atomic E-state index is 12.3. The van der Waals surface area contributed by atoms with Crippen LogP contribution >= 0.6 is 0 Å². The van der Waals surface area contributed by atoms with Gasteiger partial charge in [0.15, 0.2) is 6.10 Å². The second-order valence-corrected chi connectivity index (χ2v) is 4.99. The Morgan fingerprint density at radius 2 is 1.90 bits per heavy atom. The minimum absolute atomic E-state index is 0.0289. The molecule has 1 saturated heterocycles. The average Bonchev–Trinajstić information content (AvgIpc) is 2.49. The highest BCUT2D eigenvalue weighted by atomic mass is 16.5. The van der Waals surface area contributed by atoms with E-state index in [4.69, 9.17) is 4.74 Å². The Bertz CT molecular complexity index is 482. The predicted molar refractivity (Wildman–Crippen MR) is 75.5 cm³/mol. The summed E-state index contributed by atoms with van der Waals surface area (Å²) in [5.41, 5.74) is 1.01. The normalized spacial score (nSPS) is 16.7. The molecule has 0 bridgehead atoms. The Morgan fingerprint density at radius 3 is 2.50 bits per heavy atom. The Labute approximate surface area is 119 Å². The number of carbonyl (C=O) groups excluding carboxylic acids is 2. The van der Waals surface area contributed by atoms with Gasteiger partial charge < -0.3 is 14.5 Å². The lowest BCUT2D eigenvalue weighted by Gasteiger charge is -2.34. The van der Waals surface area contributed by atoms with Crippen molar-refractivity contribution in [1.29, 1.82) is 0 Å². The van der Waals surface area contributed by atoms with Gasteiger partial charge in [0, 0.05) is 26.2 Å². The fourth-order valence-corrected chi connectivity index (χ4v) is 2.23. The molecule has 0 aromatic heterocycles. The number of carbonyl (C=O) groups is 2. The molecule has 5 heteroatoms. The molecule has 20 heavy (non-hydrogen) atoms. The summed E-state index contributed by atoms with van der Waals surface area (Å²) in [4.78, 5) is 26.4. The number of ether oxygens (including phenoxy) is 1. The number of benzene rings is 1. The highest BCUT2D eigenvalue weighted by Crippen LogP contribution is 2.18. The zero-order valence-corrected chi connectivity index (χ0v) is 11.9. The van der Waals surface area contributed by atoms with Crippen molar-refractivity contribution in [2.75, 3.05) is 26.2 Å². The van der Waals surface area contributed by atoms with Crippen LogP contribution in [0.2, 0.25) is 0 Å². The van der Waals surface area contributed by atoms with Gasteiger partial charge in [0.05, 0.1) is 0 Å². The summed E-state index contributed by atoms with van der Waals surface area (Å²) in [6.07, 6.45) is 0.314. The molecule has 1 aliphatic rings. The maximum Gasteiger partial charge on any atom is 0.263 e. The molecule has 0 N–H and O–H groups in total. The number of amides is 2. The van der Waals surface area contributed by atoms with E-state index in [2.05, 4.69) is 0 Å². The van der Waals surface area contributed by atoms with Crippen LogP contribution in [0.25, 0.3) is 0 Å². The van der Waals surface area contributed by atoms with E-state index in [1.54, 1.807) is 16.7 Å². The Morgan fingerprint density at radius 1 is 1.25 bits per heavy atom. The summed E-state index contributed by atoms with van der Waals surface area (Å²) in [5.74, 6) is 0.707.